The van der Waals surface area contributed by atoms with Crippen molar-refractivity contribution in [2.75, 3.05) is 12.8 Å². The monoisotopic (exact) mass is 397 g/mol. The molecule has 0 bridgehead atoms. The molecule has 142 valence electrons. The van der Waals surface area contributed by atoms with Crippen molar-refractivity contribution >= 4 is 30.2 Å². The molecule has 0 aliphatic rings. The summed E-state index contributed by atoms with van der Waals surface area (Å²) in [5.41, 5.74) is 4.13. The van der Waals surface area contributed by atoms with Crippen LogP contribution in [0.2, 0.25) is 5.02 Å². The fourth-order valence-corrected chi connectivity index (χ4v) is 2.98. The number of thiol groups is 1. The Labute approximate surface area is 165 Å². The molecule has 0 saturated carbocycles. The molecule has 3 nitrogen and oxygen atoms in total. The molecular formula is C20H25ClFNO2S. The number of halogens is 2. The van der Waals surface area contributed by atoms with Crippen molar-refractivity contribution in [1.29, 1.82) is 0 Å². The molecule has 0 unspecified atom stereocenters. The van der Waals surface area contributed by atoms with E-state index in [9.17, 15) is 9.18 Å². The van der Waals surface area contributed by atoms with Crippen LogP contribution in [0.5, 0.6) is 0 Å². The van der Waals surface area contributed by atoms with Gasteiger partial charge in [-0.1, -0.05) is 43.6 Å². The molecule has 0 aliphatic carbocycles. The fourth-order valence-electron chi connectivity index (χ4n) is 2.48. The van der Waals surface area contributed by atoms with E-state index in [2.05, 4.69) is 43.9 Å². The molecule has 0 amide bonds. The Kier molecular flexibility index (Phi) is 9.70. The van der Waals surface area contributed by atoms with Crippen molar-refractivity contribution in [3.8, 4) is 11.1 Å². The van der Waals surface area contributed by atoms with Crippen LogP contribution in [-0.2, 0) is 17.6 Å². The lowest BCUT2D eigenvalue weighted by molar-refractivity contribution is -0.138. The average Bonchev–Trinajstić information content (AvgIpc) is 2.62. The maximum Gasteiger partial charge on any atom is 0.321 e. The fraction of sp³-hybridized carbons (Fsp3) is 0.350. The van der Waals surface area contributed by atoms with Gasteiger partial charge in [-0.2, -0.15) is 12.6 Å². The Hall–Kier alpha value is -1.56. The number of nitrogens with one attached hydrogen (secondary N) is 1. The normalized spacial score (nSPS) is 11.5. The van der Waals surface area contributed by atoms with Gasteiger partial charge in [0, 0.05) is 16.3 Å². The second kappa shape index (κ2) is 11.2. The zero-order valence-corrected chi connectivity index (χ0v) is 16.9. The van der Waals surface area contributed by atoms with Crippen molar-refractivity contribution in [2.45, 2.75) is 32.7 Å². The second-order valence-electron chi connectivity index (χ2n) is 5.68. The van der Waals surface area contributed by atoms with Gasteiger partial charge >= 0.3 is 5.97 Å². The number of hydrogen-bond donors (Lipinski definition) is 3. The standard InChI is InChI=1S/C16H16ClF.C4H9NO2S/c1-3-11-5-6-13(9-12(11)4-2)15-8-7-14(17)10-16(15)18;1-5-3(2-8)4(6)7/h5-10H,3-4H2,1-2H3;3,5,8H,2H2,1H3,(H,6,7)/t;3-/m.0/s1. The topological polar surface area (TPSA) is 49.3 Å². The molecule has 0 radical (unpaired) electrons. The Balaban J connectivity index is 0.000000359. The van der Waals surface area contributed by atoms with Gasteiger partial charge < -0.3 is 10.4 Å². The van der Waals surface area contributed by atoms with Crippen molar-refractivity contribution in [2.24, 2.45) is 0 Å². The SMILES string of the molecule is CCc1ccc(-c2ccc(Cl)cc2F)cc1CC.CN[C@@H](CS)C(=O)O. The number of aryl methyl sites for hydroxylation is 2. The number of carboxylic acids is 1. The van der Waals surface area contributed by atoms with Gasteiger partial charge in [-0.15, -0.1) is 0 Å². The number of likely N-dealkylation sites (N-methyl/N-ethyl adjacent to an activating group) is 1. The summed E-state index contributed by atoms with van der Waals surface area (Å²) in [5, 5.41) is 11.3. The van der Waals surface area contributed by atoms with E-state index >= 15 is 0 Å². The maximum absolute atomic E-state index is 13.9. The van der Waals surface area contributed by atoms with E-state index in [0.29, 0.717) is 16.3 Å². The predicted molar refractivity (Wildman–Crippen MR) is 110 cm³/mol. The first kappa shape index (κ1) is 22.5. The average molecular weight is 398 g/mol. The molecule has 0 aliphatic heterocycles. The predicted octanol–water partition coefficient (Wildman–Crippen LogP) is 4.86. The van der Waals surface area contributed by atoms with Gasteiger partial charge in [0.15, 0.2) is 0 Å². The summed E-state index contributed by atoms with van der Waals surface area (Å²) in [7, 11) is 1.59. The molecule has 6 heteroatoms. The highest BCUT2D eigenvalue weighted by Gasteiger charge is 2.10. The number of rotatable bonds is 6. The third kappa shape index (κ3) is 6.31. The van der Waals surface area contributed by atoms with E-state index in [1.165, 1.54) is 17.2 Å². The lowest BCUT2D eigenvalue weighted by Gasteiger charge is -2.10. The van der Waals surface area contributed by atoms with Gasteiger partial charge in [-0.05, 0) is 54.8 Å². The Bertz CT molecular complexity index is 736. The Morgan fingerprint density at radius 3 is 2.27 bits per heavy atom. The van der Waals surface area contributed by atoms with Gasteiger partial charge in [-0.3, -0.25) is 4.79 Å². The van der Waals surface area contributed by atoms with Crippen LogP contribution in [0, 0.1) is 5.82 Å². The first-order valence-electron chi connectivity index (χ1n) is 8.45. The molecular weight excluding hydrogens is 373 g/mol. The number of carbonyl (C=O) groups is 1. The summed E-state index contributed by atoms with van der Waals surface area (Å²) in [5.74, 6) is -0.803. The summed E-state index contributed by atoms with van der Waals surface area (Å²) in [6.07, 6.45) is 1.97. The minimum absolute atomic E-state index is 0.270. The molecule has 0 saturated heterocycles. The van der Waals surface area contributed by atoms with E-state index in [1.807, 2.05) is 6.07 Å². The minimum Gasteiger partial charge on any atom is -0.480 e. The molecule has 2 N–H and O–H groups in total. The van der Waals surface area contributed by atoms with E-state index in [4.69, 9.17) is 16.7 Å². The highest BCUT2D eigenvalue weighted by molar-refractivity contribution is 7.80. The zero-order chi connectivity index (χ0) is 19.7. The molecule has 1 atom stereocenters. The number of benzene rings is 2. The number of carboxylic acid groups (broad SMARTS) is 1. The van der Waals surface area contributed by atoms with Gasteiger partial charge in [0.1, 0.15) is 11.9 Å². The largest absolute Gasteiger partial charge is 0.480 e. The highest BCUT2D eigenvalue weighted by Crippen LogP contribution is 2.27. The van der Waals surface area contributed by atoms with Crippen LogP contribution in [-0.4, -0.2) is 29.9 Å². The van der Waals surface area contributed by atoms with Gasteiger partial charge in [-0.25, -0.2) is 4.39 Å². The maximum atomic E-state index is 13.9. The lowest BCUT2D eigenvalue weighted by Crippen LogP contribution is -2.35. The second-order valence-corrected chi connectivity index (χ2v) is 6.48. The van der Waals surface area contributed by atoms with E-state index < -0.39 is 12.0 Å². The van der Waals surface area contributed by atoms with Crippen LogP contribution < -0.4 is 5.32 Å². The number of aliphatic carboxylic acids is 1. The molecule has 0 spiro atoms. The minimum atomic E-state index is -0.859. The summed E-state index contributed by atoms with van der Waals surface area (Å²) >= 11 is 9.56. The molecule has 0 heterocycles. The van der Waals surface area contributed by atoms with Crippen LogP contribution in [0.15, 0.2) is 36.4 Å². The summed E-state index contributed by atoms with van der Waals surface area (Å²) in [6.45, 7) is 4.26. The van der Waals surface area contributed by atoms with Crippen molar-refractivity contribution in [3.63, 3.8) is 0 Å². The van der Waals surface area contributed by atoms with E-state index in [-0.39, 0.29) is 5.82 Å². The molecule has 0 aromatic heterocycles. The number of hydrogen-bond acceptors (Lipinski definition) is 3. The van der Waals surface area contributed by atoms with E-state index in [0.717, 1.165) is 18.4 Å². The molecule has 2 rings (SSSR count). The Morgan fingerprint density at radius 2 is 1.85 bits per heavy atom. The van der Waals surface area contributed by atoms with Crippen LogP contribution in [0.4, 0.5) is 4.39 Å². The van der Waals surface area contributed by atoms with Crippen LogP contribution in [0.25, 0.3) is 11.1 Å². The third-order valence-electron chi connectivity index (χ3n) is 4.04. The third-order valence-corrected chi connectivity index (χ3v) is 4.64. The highest BCUT2D eigenvalue weighted by atomic mass is 35.5. The first-order valence-corrected chi connectivity index (χ1v) is 9.47. The van der Waals surface area contributed by atoms with Gasteiger partial charge in [0.05, 0.1) is 0 Å². The molecule has 0 fully saturated rings. The van der Waals surface area contributed by atoms with Gasteiger partial charge in [0.25, 0.3) is 0 Å². The first-order chi connectivity index (χ1) is 12.4. The van der Waals surface area contributed by atoms with E-state index in [1.54, 1.807) is 19.2 Å². The zero-order valence-electron chi connectivity index (χ0n) is 15.2. The van der Waals surface area contributed by atoms with Crippen molar-refractivity contribution in [1.82, 2.24) is 5.32 Å². The van der Waals surface area contributed by atoms with Crippen molar-refractivity contribution < 1.29 is 14.3 Å². The summed E-state index contributed by atoms with van der Waals surface area (Å²) < 4.78 is 13.9. The molecule has 2 aromatic carbocycles. The summed E-state index contributed by atoms with van der Waals surface area (Å²) in [6, 6.07) is 10.4. The quantitative estimate of drug-likeness (QED) is 0.610. The van der Waals surface area contributed by atoms with Crippen molar-refractivity contribution in [3.05, 3.63) is 58.4 Å². The van der Waals surface area contributed by atoms with Crippen LogP contribution in [0.1, 0.15) is 25.0 Å². The van der Waals surface area contributed by atoms with Crippen LogP contribution in [0.3, 0.4) is 0 Å². The van der Waals surface area contributed by atoms with Gasteiger partial charge in [0.2, 0.25) is 0 Å². The molecule has 26 heavy (non-hydrogen) atoms. The molecule has 2 aromatic rings. The van der Waals surface area contributed by atoms with Crippen LogP contribution >= 0.6 is 24.2 Å². The lowest BCUT2D eigenvalue weighted by atomic mass is 9.96. The Morgan fingerprint density at radius 1 is 1.19 bits per heavy atom. The summed E-state index contributed by atoms with van der Waals surface area (Å²) in [4.78, 5) is 10.1. The smallest absolute Gasteiger partial charge is 0.321 e.